The Labute approximate surface area is 123 Å². The molecule has 0 aliphatic heterocycles. The van der Waals surface area contributed by atoms with Gasteiger partial charge in [0.15, 0.2) is 0 Å². The minimum Gasteiger partial charge on any atom is -0.326 e. The second-order valence-corrected chi connectivity index (χ2v) is 5.22. The highest BCUT2D eigenvalue weighted by Gasteiger charge is 2.30. The van der Waals surface area contributed by atoms with Crippen molar-refractivity contribution in [1.29, 1.82) is 0 Å². The third-order valence-corrected chi connectivity index (χ3v) is 3.72. The average molecular weight is 310 g/mol. The normalized spacial score (nSPS) is 17.9. The van der Waals surface area contributed by atoms with Gasteiger partial charge < -0.3 is 5.32 Å². The second-order valence-electron chi connectivity index (χ2n) is 5.22. The lowest BCUT2D eigenvalue weighted by molar-refractivity contribution is -0.137. The summed E-state index contributed by atoms with van der Waals surface area (Å²) < 4.78 is 37.4. The van der Waals surface area contributed by atoms with E-state index in [1.165, 1.54) is 12.1 Å². The lowest BCUT2D eigenvalue weighted by atomic mass is 9.89. The first-order valence-electron chi connectivity index (χ1n) is 6.80. The Hall–Kier alpha value is -2.38. The van der Waals surface area contributed by atoms with Crippen molar-refractivity contribution >= 4 is 11.6 Å². The second kappa shape index (κ2) is 5.43. The molecule has 1 aromatic heterocycles. The molecule has 2 aromatic rings. The third-order valence-electron chi connectivity index (χ3n) is 3.72. The number of hydrogen-bond acceptors (Lipinski definition) is 3. The van der Waals surface area contributed by atoms with E-state index in [-0.39, 0.29) is 11.8 Å². The Kier molecular flexibility index (Phi) is 3.59. The van der Waals surface area contributed by atoms with Crippen LogP contribution >= 0.6 is 0 Å². The summed E-state index contributed by atoms with van der Waals surface area (Å²) in [6.07, 6.45) is -2.59. The molecule has 1 aliphatic rings. The van der Waals surface area contributed by atoms with Gasteiger partial charge >= 0.3 is 6.18 Å². The number of rotatable bonds is 2. The Balaban J connectivity index is 1.65. The molecule has 22 heavy (non-hydrogen) atoms. The number of aromatic nitrogens is 3. The topological polar surface area (TPSA) is 70.7 Å². The molecule has 1 unspecified atom stereocenters. The van der Waals surface area contributed by atoms with Crippen molar-refractivity contribution in [3.05, 3.63) is 41.2 Å². The minimum absolute atomic E-state index is 0.214. The van der Waals surface area contributed by atoms with Crippen LogP contribution in [0.4, 0.5) is 18.9 Å². The van der Waals surface area contributed by atoms with Gasteiger partial charge in [-0.05, 0) is 37.1 Å². The fourth-order valence-corrected chi connectivity index (χ4v) is 2.50. The third kappa shape index (κ3) is 2.95. The van der Waals surface area contributed by atoms with Gasteiger partial charge in [0, 0.05) is 18.0 Å². The zero-order valence-corrected chi connectivity index (χ0v) is 11.4. The summed E-state index contributed by atoms with van der Waals surface area (Å²) in [4.78, 5) is 12.2. The number of nitrogens with zero attached hydrogens (tertiary/aromatic N) is 2. The summed E-state index contributed by atoms with van der Waals surface area (Å²) in [5, 5.41) is 13.2. The summed E-state index contributed by atoms with van der Waals surface area (Å²) >= 11 is 0. The van der Waals surface area contributed by atoms with Crippen LogP contribution in [0.15, 0.2) is 24.3 Å². The lowest BCUT2D eigenvalue weighted by Gasteiger charge is -2.19. The minimum atomic E-state index is -4.38. The van der Waals surface area contributed by atoms with E-state index in [0.717, 1.165) is 23.5 Å². The van der Waals surface area contributed by atoms with Gasteiger partial charge in [0.05, 0.1) is 17.0 Å². The molecule has 0 fully saturated rings. The highest BCUT2D eigenvalue weighted by Crippen LogP contribution is 2.30. The van der Waals surface area contributed by atoms with Crippen LogP contribution in [0.2, 0.25) is 0 Å². The maximum atomic E-state index is 12.5. The number of anilines is 1. The van der Waals surface area contributed by atoms with Gasteiger partial charge in [0.1, 0.15) is 0 Å². The number of carbonyl (C=O) groups is 1. The summed E-state index contributed by atoms with van der Waals surface area (Å²) in [7, 11) is 0. The first-order chi connectivity index (χ1) is 10.4. The fourth-order valence-electron chi connectivity index (χ4n) is 2.50. The quantitative estimate of drug-likeness (QED) is 0.895. The molecule has 0 bridgehead atoms. The maximum Gasteiger partial charge on any atom is 0.416 e. The standard InChI is InChI=1S/C14H13F3N4O/c15-14(16,17)9-2-4-10(5-3-9)18-13(22)8-1-6-11-12(7-8)20-21-19-11/h2-5,8H,1,6-7H2,(H,18,22)(H,19,20,21). The first-order valence-corrected chi connectivity index (χ1v) is 6.80. The van der Waals surface area contributed by atoms with Crippen LogP contribution in [0, 0.1) is 5.92 Å². The number of carbonyl (C=O) groups excluding carboxylic acids is 1. The van der Waals surface area contributed by atoms with Crippen LogP contribution in [0.5, 0.6) is 0 Å². The SMILES string of the molecule is O=C(Nc1ccc(C(F)(F)F)cc1)C1CCc2n[nH]nc2C1. The number of aromatic amines is 1. The van der Waals surface area contributed by atoms with Crippen LogP contribution in [-0.4, -0.2) is 21.3 Å². The van der Waals surface area contributed by atoms with Crippen molar-refractivity contribution in [3.8, 4) is 0 Å². The molecular weight excluding hydrogens is 297 g/mol. The van der Waals surface area contributed by atoms with E-state index in [1.54, 1.807) is 0 Å². The molecule has 1 amide bonds. The summed E-state index contributed by atoms with van der Waals surface area (Å²) in [6.45, 7) is 0. The average Bonchev–Trinajstić information content (AvgIpc) is 2.94. The number of hydrogen-bond donors (Lipinski definition) is 2. The van der Waals surface area contributed by atoms with Gasteiger partial charge in [0.25, 0.3) is 0 Å². The maximum absolute atomic E-state index is 12.5. The first kappa shape index (κ1) is 14.6. The number of aryl methyl sites for hydroxylation is 1. The van der Waals surface area contributed by atoms with Crippen LogP contribution < -0.4 is 5.32 Å². The van der Waals surface area contributed by atoms with Crippen LogP contribution in [0.1, 0.15) is 23.4 Å². The van der Waals surface area contributed by atoms with Crippen molar-refractivity contribution < 1.29 is 18.0 Å². The molecule has 0 radical (unpaired) electrons. The van der Waals surface area contributed by atoms with Gasteiger partial charge in [-0.3, -0.25) is 4.79 Å². The zero-order valence-electron chi connectivity index (χ0n) is 11.4. The highest BCUT2D eigenvalue weighted by atomic mass is 19.4. The Morgan fingerprint density at radius 3 is 2.55 bits per heavy atom. The van der Waals surface area contributed by atoms with Crippen molar-refractivity contribution in [2.75, 3.05) is 5.32 Å². The largest absolute Gasteiger partial charge is 0.416 e. The number of amides is 1. The van der Waals surface area contributed by atoms with E-state index in [9.17, 15) is 18.0 Å². The molecule has 116 valence electrons. The molecule has 1 atom stereocenters. The van der Waals surface area contributed by atoms with Gasteiger partial charge in [-0.25, -0.2) is 0 Å². The summed E-state index contributed by atoms with van der Waals surface area (Å²) in [5.41, 5.74) is 1.26. The number of fused-ring (bicyclic) bond motifs is 1. The molecule has 0 saturated carbocycles. The molecule has 1 aliphatic carbocycles. The van der Waals surface area contributed by atoms with Crippen molar-refractivity contribution in [3.63, 3.8) is 0 Å². The molecule has 2 N–H and O–H groups in total. The van der Waals surface area contributed by atoms with E-state index in [2.05, 4.69) is 20.7 Å². The predicted molar refractivity (Wildman–Crippen MR) is 72.0 cm³/mol. The van der Waals surface area contributed by atoms with Crippen molar-refractivity contribution in [2.45, 2.75) is 25.4 Å². The fraction of sp³-hybridized carbons (Fsp3) is 0.357. The van der Waals surface area contributed by atoms with Crippen LogP contribution in [0.25, 0.3) is 0 Å². The van der Waals surface area contributed by atoms with Gasteiger partial charge in [-0.2, -0.15) is 28.6 Å². The van der Waals surface area contributed by atoms with E-state index in [1.807, 2.05) is 0 Å². The van der Waals surface area contributed by atoms with Gasteiger partial charge in [-0.15, -0.1) is 0 Å². The monoisotopic (exact) mass is 310 g/mol. The predicted octanol–water partition coefficient (Wildman–Crippen LogP) is 2.57. The molecule has 8 heteroatoms. The lowest BCUT2D eigenvalue weighted by Crippen LogP contribution is -2.28. The molecule has 0 saturated heterocycles. The molecule has 5 nitrogen and oxygen atoms in total. The van der Waals surface area contributed by atoms with Crippen LogP contribution in [0.3, 0.4) is 0 Å². The van der Waals surface area contributed by atoms with Crippen molar-refractivity contribution in [1.82, 2.24) is 15.4 Å². The Morgan fingerprint density at radius 2 is 1.86 bits per heavy atom. The summed E-state index contributed by atoms with van der Waals surface area (Å²) in [6, 6.07) is 4.41. The number of benzene rings is 1. The molecule has 1 heterocycles. The highest BCUT2D eigenvalue weighted by molar-refractivity contribution is 5.92. The molecule has 3 rings (SSSR count). The van der Waals surface area contributed by atoms with Crippen molar-refractivity contribution in [2.24, 2.45) is 5.92 Å². The van der Waals surface area contributed by atoms with E-state index < -0.39 is 11.7 Å². The number of halogens is 3. The van der Waals surface area contributed by atoms with Gasteiger partial charge in [0.2, 0.25) is 5.91 Å². The Bertz CT molecular complexity index is 678. The number of H-pyrrole nitrogens is 1. The van der Waals surface area contributed by atoms with E-state index in [0.29, 0.717) is 24.9 Å². The van der Waals surface area contributed by atoms with E-state index in [4.69, 9.17) is 0 Å². The molecule has 1 aromatic carbocycles. The smallest absolute Gasteiger partial charge is 0.326 e. The zero-order chi connectivity index (χ0) is 15.7. The number of nitrogens with one attached hydrogen (secondary N) is 2. The summed E-state index contributed by atoms with van der Waals surface area (Å²) in [5.74, 6) is -0.465. The Morgan fingerprint density at radius 1 is 1.18 bits per heavy atom. The van der Waals surface area contributed by atoms with Crippen LogP contribution in [-0.2, 0) is 23.8 Å². The molecular formula is C14H13F3N4O. The van der Waals surface area contributed by atoms with Gasteiger partial charge in [-0.1, -0.05) is 0 Å². The van der Waals surface area contributed by atoms with E-state index >= 15 is 0 Å². The number of alkyl halides is 3. The molecule has 0 spiro atoms.